The zero-order valence-corrected chi connectivity index (χ0v) is 19.1. The molecule has 2 aromatic rings. The van der Waals surface area contributed by atoms with Gasteiger partial charge in [-0.3, -0.25) is 9.59 Å². The number of carbonyl (C=O) groups is 2. The van der Waals surface area contributed by atoms with Crippen LogP contribution in [0.2, 0.25) is 0 Å². The molecule has 0 aliphatic carbocycles. The van der Waals surface area contributed by atoms with E-state index in [1.54, 1.807) is 24.3 Å². The van der Waals surface area contributed by atoms with Crippen molar-refractivity contribution < 1.29 is 24.2 Å². The Kier molecular flexibility index (Phi) is 7.57. The number of hydrogen-bond donors (Lipinski definition) is 1. The second-order valence-electron chi connectivity index (χ2n) is 8.10. The van der Waals surface area contributed by atoms with Crippen molar-refractivity contribution in [1.29, 1.82) is 0 Å². The number of likely N-dealkylation sites (tertiary alicyclic amines) is 1. The van der Waals surface area contributed by atoms with Gasteiger partial charge < -0.3 is 19.5 Å². The summed E-state index contributed by atoms with van der Waals surface area (Å²) in [5.74, 6) is -0.134. The van der Waals surface area contributed by atoms with Crippen LogP contribution in [0.25, 0.3) is 5.76 Å². The van der Waals surface area contributed by atoms with E-state index in [-0.39, 0.29) is 17.4 Å². The van der Waals surface area contributed by atoms with E-state index < -0.39 is 17.7 Å². The molecule has 6 nitrogen and oxygen atoms in total. The third-order valence-corrected chi connectivity index (χ3v) is 5.15. The first-order chi connectivity index (χ1) is 15.4. The van der Waals surface area contributed by atoms with Gasteiger partial charge in [0.05, 0.1) is 24.3 Å². The van der Waals surface area contributed by atoms with Gasteiger partial charge in [0.1, 0.15) is 17.3 Å². The average Bonchev–Trinajstić information content (AvgIpc) is 3.02. The molecule has 0 radical (unpaired) electrons. The lowest BCUT2D eigenvalue weighted by molar-refractivity contribution is -0.139. The molecule has 3 rings (SSSR count). The zero-order valence-electron chi connectivity index (χ0n) is 19.1. The van der Waals surface area contributed by atoms with Gasteiger partial charge in [-0.25, -0.2) is 0 Å². The molecule has 0 spiro atoms. The molecule has 1 fully saturated rings. The highest BCUT2D eigenvalue weighted by molar-refractivity contribution is 6.46. The normalized spacial score (nSPS) is 17.8. The molecule has 1 saturated heterocycles. The summed E-state index contributed by atoms with van der Waals surface area (Å²) < 4.78 is 11.4. The number of aliphatic hydroxyl groups is 1. The minimum absolute atomic E-state index is 0.0132. The Hall–Kier alpha value is -3.28. The van der Waals surface area contributed by atoms with Crippen LogP contribution >= 0.6 is 0 Å². The van der Waals surface area contributed by atoms with Crippen molar-refractivity contribution in [2.75, 3.05) is 13.2 Å². The van der Waals surface area contributed by atoms with Crippen molar-refractivity contribution in [3.8, 4) is 11.5 Å². The molecule has 0 bridgehead atoms. The van der Waals surface area contributed by atoms with Crippen molar-refractivity contribution in [3.05, 3.63) is 65.2 Å². The first kappa shape index (κ1) is 23.4. The third kappa shape index (κ3) is 4.96. The Morgan fingerprint density at radius 1 is 1.03 bits per heavy atom. The maximum Gasteiger partial charge on any atom is 0.295 e. The maximum absolute atomic E-state index is 13.0. The SMILES string of the molecule is CCCOc1ccc(/C(O)=C2/C(=O)C(=O)N(CCC)C2c2cccc(OC(C)C)c2)cc1. The molecular formula is C26H31NO5. The molecule has 1 aliphatic rings. The number of aliphatic hydroxyl groups excluding tert-OH is 1. The minimum atomic E-state index is -0.679. The lowest BCUT2D eigenvalue weighted by Gasteiger charge is -2.25. The molecular weight excluding hydrogens is 406 g/mol. The molecule has 1 atom stereocenters. The van der Waals surface area contributed by atoms with E-state index in [1.807, 2.05) is 52.0 Å². The largest absolute Gasteiger partial charge is 0.507 e. The number of Topliss-reactive ketones (excluding diaryl/α,β-unsaturated/α-hetero) is 1. The Morgan fingerprint density at radius 3 is 2.38 bits per heavy atom. The van der Waals surface area contributed by atoms with Crippen molar-refractivity contribution in [1.82, 2.24) is 4.90 Å². The zero-order chi connectivity index (χ0) is 23.3. The molecule has 32 heavy (non-hydrogen) atoms. The molecule has 2 aromatic carbocycles. The van der Waals surface area contributed by atoms with Crippen LogP contribution in [0, 0.1) is 0 Å². The van der Waals surface area contributed by atoms with Crippen LogP contribution in [0.4, 0.5) is 0 Å². The van der Waals surface area contributed by atoms with E-state index in [4.69, 9.17) is 9.47 Å². The fraction of sp³-hybridized carbons (Fsp3) is 0.385. The Labute approximate surface area is 189 Å². The van der Waals surface area contributed by atoms with E-state index in [9.17, 15) is 14.7 Å². The van der Waals surface area contributed by atoms with Crippen molar-refractivity contribution in [2.45, 2.75) is 52.7 Å². The molecule has 0 aromatic heterocycles. The number of benzene rings is 2. The number of rotatable bonds is 9. The Bertz CT molecular complexity index is 994. The third-order valence-electron chi connectivity index (χ3n) is 5.15. The summed E-state index contributed by atoms with van der Waals surface area (Å²) in [5, 5.41) is 11.1. The molecule has 1 N–H and O–H groups in total. The smallest absolute Gasteiger partial charge is 0.295 e. The molecule has 1 aliphatic heterocycles. The fourth-order valence-corrected chi connectivity index (χ4v) is 3.81. The fourth-order valence-electron chi connectivity index (χ4n) is 3.81. The highest BCUT2D eigenvalue weighted by Crippen LogP contribution is 2.40. The lowest BCUT2D eigenvalue weighted by Crippen LogP contribution is -2.30. The summed E-state index contributed by atoms with van der Waals surface area (Å²) in [4.78, 5) is 27.4. The number of carbonyl (C=O) groups excluding carboxylic acids is 2. The average molecular weight is 438 g/mol. The van der Waals surface area contributed by atoms with Gasteiger partial charge in [0.25, 0.3) is 11.7 Å². The van der Waals surface area contributed by atoms with Crippen molar-refractivity contribution in [3.63, 3.8) is 0 Å². The van der Waals surface area contributed by atoms with Gasteiger partial charge in [-0.2, -0.15) is 0 Å². The number of ketones is 1. The molecule has 1 unspecified atom stereocenters. The summed E-state index contributed by atoms with van der Waals surface area (Å²) in [6, 6.07) is 13.6. The molecule has 6 heteroatoms. The minimum Gasteiger partial charge on any atom is -0.507 e. The standard InChI is InChI=1S/C26H31NO5/c1-5-14-27-23(19-8-7-9-21(16-19)32-17(3)4)22(25(29)26(27)30)24(28)18-10-12-20(13-11-18)31-15-6-2/h7-13,16-17,23,28H,5-6,14-15H2,1-4H3/b24-22-. The molecule has 170 valence electrons. The van der Waals surface area contributed by atoms with Gasteiger partial charge in [0.2, 0.25) is 0 Å². The van der Waals surface area contributed by atoms with Gasteiger partial charge >= 0.3 is 0 Å². The van der Waals surface area contributed by atoms with Gasteiger partial charge in [-0.15, -0.1) is 0 Å². The quantitative estimate of drug-likeness (QED) is 0.336. The number of amides is 1. The van der Waals surface area contributed by atoms with E-state index in [1.165, 1.54) is 4.90 Å². The van der Waals surface area contributed by atoms with Crippen molar-refractivity contribution >= 4 is 17.4 Å². The Balaban J connectivity index is 2.07. The summed E-state index contributed by atoms with van der Waals surface area (Å²) in [6.45, 7) is 8.85. The predicted molar refractivity (Wildman–Crippen MR) is 124 cm³/mol. The van der Waals surface area contributed by atoms with Crippen LogP contribution in [-0.2, 0) is 9.59 Å². The summed E-state index contributed by atoms with van der Waals surface area (Å²) >= 11 is 0. The summed E-state index contributed by atoms with van der Waals surface area (Å²) in [5.41, 5.74) is 1.27. The van der Waals surface area contributed by atoms with Crippen LogP contribution in [-0.4, -0.2) is 41.0 Å². The topological polar surface area (TPSA) is 76.1 Å². The van der Waals surface area contributed by atoms with E-state index in [2.05, 4.69) is 0 Å². The highest BCUT2D eigenvalue weighted by Gasteiger charge is 2.45. The van der Waals surface area contributed by atoms with Gasteiger partial charge in [-0.1, -0.05) is 26.0 Å². The van der Waals surface area contributed by atoms with Crippen LogP contribution in [0.5, 0.6) is 11.5 Å². The number of nitrogens with zero attached hydrogens (tertiary/aromatic N) is 1. The highest BCUT2D eigenvalue weighted by atomic mass is 16.5. The lowest BCUT2D eigenvalue weighted by atomic mass is 9.95. The van der Waals surface area contributed by atoms with Crippen LogP contribution in [0.15, 0.2) is 54.1 Å². The maximum atomic E-state index is 13.0. The first-order valence-electron chi connectivity index (χ1n) is 11.2. The number of hydrogen-bond acceptors (Lipinski definition) is 5. The molecule has 0 saturated carbocycles. The monoisotopic (exact) mass is 437 g/mol. The summed E-state index contributed by atoms with van der Waals surface area (Å²) in [6.07, 6.45) is 1.57. The number of ether oxygens (including phenoxy) is 2. The van der Waals surface area contributed by atoms with Crippen molar-refractivity contribution in [2.24, 2.45) is 0 Å². The van der Waals surface area contributed by atoms with E-state index in [0.29, 0.717) is 36.6 Å². The van der Waals surface area contributed by atoms with E-state index in [0.717, 1.165) is 12.0 Å². The van der Waals surface area contributed by atoms with Crippen LogP contribution < -0.4 is 9.47 Å². The second-order valence-corrected chi connectivity index (χ2v) is 8.10. The van der Waals surface area contributed by atoms with Gasteiger partial charge in [0, 0.05) is 12.1 Å². The van der Waals surface area contributed by atoms with Gasteiger partial charge in [0.15, 0.2) is 0 Å². The predicted octanol–water partition coefficient (Wildman–Crippen LogP) is 5.09. The van der Waals surface area contributed by atoms with Gasteiger partial charge in [-0.05, 0) is 68.7 Å². The molecule has 1 heterocycles. The van der Waals surface area contributed by atoms with E-state index >= 15 is 0 Å². The second kappa shape index (κ2) is 10.4. The summed E-state index contributed by atoms with van der Waals surface area (Å²) in [7, 11) is 0. The van der Waals surface area contributed by atoms with Crippen LogP contribution in [0.3, 0.4) is 0 Å². The van der Waals surface area contributed by atoms with Crippen LogP contribution in [0.1, 0.15) is 57.7 Å². The first-order valence-corrected chi connectivity index (χ1v) is 11.2. The molecule has 1 amide bonds. The Morgan fingerprint density at radius 2 is 1.75 bits per heavy atom.